The summed E-state index contributed by atoms with van der Waals surface area (Å²) in [6.07, 6.45) is -0.233. The van der Waals surface area contributed by atoms with Crippen LogP contribution >= 0.6 is 0 Å². The largest absolute Gasteiger partial charge is 0.507 e. The number of carbonyl (C=O) groups excluding carboxylic acids is 1. The molecule has 1 amide bonds. The summed E-state index contributed by atoms with van der Waals surface area (Å²) in [6, 6.07) is 11.0. The van der Waals surface area contributed by atoms with E-state index in [1.807, 2.05) is 6.07 Å². The Kier molecular flexibility index (Phi) is 5.68. The molecule has 1 heterocycles. The van der Waals surface area contributed by atoms with E-state index in [-0.39, 0.29) is 29.7 Å². The van der Waals surface area contributed by atoms with Gasteiger partial charge in [0.1, 0.15) is 17.4 Å². The van der Waals surface area contributed by atoms with Gasteiger partial charge in [-0.1, -0.05) is 30.3 Å². The molecule has 0 saturated carbocycles. The van der Waals surface area contributed by atoms with Crippen molar-refractivity contribution in [2.24, 2.45) is 0 Å². The SMILES string of the molecule is Cc1cc(O)c2c(C)c(CC(=O)NC(Cc3ccccc3)C(=O)O)c(=O)oc2c1. The number of amides is 1. The highest BCUT2D eigenvalue weighted by atomic mass is 16.4. The summed E-state index contributed by atoms with van der Waals surface area (Å²) >= 11 is 0. The first kappa shape index (κ1) is 20.1. The van der Waals surface area contributed by atoms with Crippen LogP contribution in [0.15, 0.2) is 51.7 Å². The molecule has 2 aromatic carbocycles. The number of aryl methyl sites for hydroxylation is 2. The third-order valence-corrected chi connectivity index (χ3v) is 4.76. The van der Waals surface area contributed by atoms with Crippen molar-refractivity contribution in [3.05, 3.63) is 75.1 Å². The summed E-state index contributed by atoms with van der Waals surface area (Å²) in [5.74, 6) is -1.83. The number of carboxylic acid groups (broad SMARTS) is 1. The molecule has 150 valence electrons. The first-order valence-corrected chi connectivity index (χ1v) is 9.08. The highest BCUT2D eigenvalue weighted by molar-refractivity contribution is 5.90. The number of rotatable bonds is 6. The van der Waals surface area contributed by atoms with Crippen molar-refractivity contribution in [1.82, 2.24) is 5.32 Å². The van der Waals surface area contributed by atoms with Crippen LogP contribution in [0.5, 0.6) is 5.75 Å². The molecule has 0 fully saturated rings. The second-order valence-electron chi connectivity index (χ2n) is 6.98. The van der Waals surface area contributed by atoms with Crippen LogP contribution in [0.3, 0.4) is 0 Å². The van der Waals surface area contributed by atoms with Crippen LogP contribution in [-0.2, 0) is 22.4 Å². The molecular weight excluding hydrogens is 374 g/mol. The number of hydrogen-bond acceptors (Lipinski definition) is 5. The number of aliphatic carboxylic acids is 1. The number of nitrogens with one attached hydrogen (secondary N) is 1. The Hall–Kier alpha value is -3.61. The molecular formula is C22H21NO6. The zero-order valence-corrected chi connectivity index (χ0v) is 16.1. The standard InChI is InChI=1S/C22H21NO6/c1-12-8-17(24)20-13(2)15(22(28)29-18(20)9-12)11-19(25)23-16(21(26)27)10-14-6-4-3-5-7-14/h3-9,16,24H,10-11H2,1-2H3,(H,23,25)(H,26,27). The van der Waals surface area contributed by atoms with Gasteiger partial charge in [-0.05, 0) is 42.7 Å². The smallest absolute Gasteiger partial charge is 0.340 e. The number of carboxylic acids is 1. The number of phenolic OH excluding ortho intramolecular Hbond substituents is 1. The maximum Gasteiger partial charge on any atom is 0.340 e. The third-order valence-electron chi connectivity index (χ3n) is 4.76. The average Bonchev–Trinajstić information content (AvgIpc) is 2.64. The highest BCUT2D eigenvalue weighted by Gasteiger charge is 2.23. The fourth-order valence-corrected chi connectivity index (χ4v) is 3.32. The van der Waals surface area contributed by atoms with Crippen molar-refractivity contribution in [2.75, 3.05) is 0 Å². The Morgan fingerprint density at radius 1 is 1.14 bits per heavy atom. The summed E-state index contributed by atoms with van der Waals surface area (Å²) in [7, 11) is 0. The van der Waals surface area contributed by atoms with Crippen LogP contribution < -0.4 is 10.9 Å². The van der Waals surface area contributed by atoms with Crippen LogP contribution in [0.4, 0.5) is 0 Å². The number of fused-ring (bicyclic) bond motifs is 1. The number of phenols is 1. The van der Waals surface area contributed by atoms with Crippen molar-refractivity contribution in [1.29, 1.82) is 0 Å². The van der Waals surface area contributed by atoms with Crippen LogP contribution in [0.1, 0.15) is 22.3 Å². The summed E-state index contributed by atoms with van der Waals surface area (Å²) in [4.78, 5) is 36.4. The van der Waals surface area contributed by atoms with E-state index in [0.29, 0.717) is 10.9 Å². The van der Waals surface area contributed by atoms with Gasteiger partial charge in [0, 0.05) is 6.42 Å². The summed E-state index contributed by atoms with van der Waals surface area (Å²) < 4.78 is 5.27. The van der Waals surface area contributed by atoms with Gasteiger partial charge in [0.25, 0.3) is 0 Å². The van der Waals surface area contributed by atoms with Crippen molar-refractivity contribution < 1.29 is 24.2 Å². The van der Waals surface area contributed by atoms with Gasteiger partial charge in [-0.3, -0.25) is 4.79 Å². The zero-order chi connectivity index (χ0) is 21.1. The molecule has 1 aromatic heterocycles. The number of carbonyl (C=O) groups is 2. The van der Waals surface area contributed by atoms with Crippen LogP contribution in [-0.4, -0.2) is 28.1 Å². The van der Waals surface area contributed by atoms with Gasteiger partial charge in [-0.25, -0.2) is 9.59 Å². The summed E-state index contributed by atoms with van der Waals surface area (Å²) in [6.45, 7) is 3.38. The molecule has 0 bridgehead atoms. The zero-order valence-electron chi connectivity index (χ0n) is 16.1. The highest BCUT2D eigenvalue weighted by Crippen LogP contribution is 2.29. The molecule has 3 aromatic rings. The average molecular weight is 395 g/mol. The molecule has 29 heavy (non-hydrogen) atoms. The molecule has 0 radical (unpaired) electrons. The van der Waals surface area contributed by atoms with E-state index in [9.17, 15) is 24.6 Å². The number of benzene rings is 2. The van der Waals surface area contributed by atoms with Gasteiger partial charge < -0.3 is 19.9 Å². The van der Waals surface area contributed by atoms with Gasteiger partial charge in [-0.15, -0.1) is 0 Å². The second-order valence-corrected chi connectivity index (χ2v) is 6.98. The van der Waals surface area contributed by atoms with Crippen LogP contribution in [0, 0.1) is 13.8 Å². The van der Waals surface area contributed by atoms with E-state index in [0.717, 1.165) is 11.1 Å². The van der Waals surface area contributed by atoms with Crippen LogP contribution in [0.2, 0.25) is 0 Å². The fourth-order valence-electron chi connectivity index (χ4n) is 3.32. The maximum absolute atomic E-state index is 12.5. The molecule has 7 nitrogen and oxygen atoms in total. The van der Waals surface area contributed by atoms with Crippen molar-refractivity contribution in [3.63, 3.8) is 0 Å². The molecule has 7 heteroatoms. The Morgan fingerprint density at radius 3 is 2.48 bits per heavy atom. The Bertz CT molecular complexity index is 1130. The van der Waals surface area contributed by atoms with Gasteiger partial charge >= 0.3 is 11.6 Å². The van der Waals surface area contributed by atoms with Gasteiger partial charge in [0.05, 0.1) is 17.4 Å². The minimum absolute atomic E-state index is 0.0459. The van der Waals surface area contributed by atoms with E-state index in [1.165, 1.54) is 0 Å². The quantitative estimate of drug-likeness (QED) is 0.552. The number of aromatic hydroxyl groups is 1. The van der Waals surface area contributed by atoms with Crippen molar-refractivity contribution in [2.45, 2.75) is 32.7 Å². The first-order valence-electron chi connectivity index (χ1n) is 9.08. The predicted octanol–water partition coefficient (Wildman–Crippen LogP) is 2.47. The lowest BCUT2D eigenvalue weighted by atomic mass is 10.0. The minimum atomic E-state index is -1.17. The van der Waals surface area contributed by atoms with E-state index in [1.54, 1.807) is 50.2 Å². The van der Waals surface area contributed by atoms with Crippen molar-refractivity contribution in [3.8, 4) is 5.75 Å². The molecule has 1 atom stereocenters. The molecule has 0 aliphatic carbocycles. The molecule has 0 aliphatic heterocycles. The molecule has 3 N–H and O–H groups in total. The predicted molar refractivity (Wildman–Crippen MR) is 107 cm³/mol. The third kappa shape index (κ3) is 4.45. The lowest BCUT2D eigenvalue weighted by molar-refractivity contribution is -0.141. The van der Waals surface area contributed by atoms with E-state index < -0.39 is 23.5 Å². The monoisotopic (exact) mass is 395 g/mol. The summed E-state index contributed by atoms with van der Waals surface area (Å²) in [5, 5.41) is 22.5. The molecule has 0 saturated heterocycles. The minimum Gasteiger partial charge on any atom is -0.507 e. The molecule has 0 aliphatic rings. The normalized spacial score (nSPS) is 11.9. The lowest BCUT2D eigenvalue weighted by Gasteiger charge is -2.15. The van der Waals surface area contributed by atoms with Crippen molar-refractivity contribution >= 4 is 22.8 Å². The fraction of sp³-hybridized carbons (Fsp3) is 0.227. The van der Waals surface area contributed by atoms with E-state index >= 15 is 0 Å². The second kappa shape index (κ2) is 8.18. The van der Waals surface area contributed by atoms with Gasteiger partial charge in [0.2, 0.25) is 5.91 Å². The van der Waals surface area contributed by atoms with Gasteiger partial charge in [-0.2, -0.15) is 0 Å². The Balaban J connectivity index is 1.85. The Labute approximate surface area is 166 Å². The summed E-state index contributed by atoms with van der Waals surface area (Å²) in [5.41, 5.74) is 1.55. The Morgan fingerprint density at radius 2 is 1.83 bits per heavy atom. The topological polar surface area (TPSA) is 117 Å². The van der Waals surface area contributed by atoms with Gasteiger partial charge in [0.15, 0.2) is 0 Å². The molecule has 1 unspecified atom stereocenters. The lowest BCUT2D eigenvalue weighted by Crippen LogP contribution is -2.43. The number of hydrogen-bond donors (Lipinski definition) is 3. The first-order chi connectivity index (χ1) is 13.8. The molecule has 3 rings (SSSR count). The van der Waals surface area contributed by atoms with Crippen LogP contribution in [0.25, 0.3) is 11.0 Å². The maximum atomic E-state index is 12.5. The van der Waals surface area contributed by atoms with E-state index in [2.05, 4.69) is 5.32 Å². The molecule has 0 spiro atoms. The van der Waals surface area contributed by atoms with E-state index in [4.69, 9.17) is 4.42 Å².